The molecule has 13 N–H and O–H groups in total. The number of nitrogens with zero attached hydrogens (tertiary/aromatic N) is 1. The van der Waals surface area contributed by atoms with Gasteiger partial charge in [0.25, 0.3) is 0 Å². The normalized spacial score (nSPS) is 16.8. The number of nitrogens with two attached hydrogens (primary N) is 1. The molecule has 1 saturated heterocycles. The van der Waals surface area contributed by atoms with Crippen LogP contribution in [-0.2, 0) is 59.2 Å². The molecule has 0 saturated carbocycles. The number of likely N-dealkylation sites (tertiary alicyclic amines) is 1. The van der Waals surface area contributed by atoms with E-state index in [1.54, 1.807) is 34.0 Å². The van der Waals surface area contributed by atoms with E-state index >= 15 is 0 Å². The van der Waals surface area contributed by atoms with Crippen molar-refractivity contribution < 1.29 is 103 Å². The van der Waals surface area contributed by atoms with E-state index in [0.29, 0.717) is 17.7 Å². The number of thioether (sulfide) groups is 1. The Morgan fingerprint density at radius 3 is 1.77 bits per heavy atom. The first-order valence-electron chi connectivity index (χ1n) is 23.5. The van der Waals surface area contributed by atoms with Crippen molar-refractivity contribution in [2.75, 3.05) is 25.2 Å². The Labute approximate surface area is 450 Å². The molecule has 0 aromatic heterocycles. The molecule has 1 fully saturated rings. The Kier molecular flexibility index (Phi) is 28.6. The van der Waals surface area contributed by atoms with E-state index in [-0.39, 0.29) is 73.5 Å². The number of benzene rings is 1. The summed E-state index contributed by atoms with van der Waals surface area (Å²) in [6.07, 6.45) is 1.40. The van der Waals surface area contributed by atoms with Crippen LogP contribution in [0.25, 0.3) is 0 Å². The van der Waals surface area contributed by atoms with Gasteiger partial charge in [-0.15, -0.1) is 0 Å². The van der Waals surface area contributed by atoms with E-state index in [1.807, 2.05) is 5.32 Å². The number of amides is 9. The fourth-order valence-corrected chi connectivity index (χ4v) is 7.77. The van der Waals surface area contributed by atoms with Crippen LogP contribution >= 0.6 is 11.8 Å². The molecule has 402 valence electrons. The Hall–Kier alpha value is -5.54. The van der Waals surface area contributed by atoms with Crippen LogP contribution in [0.2, 0.25) is 0 Å². The summed E-state index contributed by atoms with van der Waals surface area (Å²) in [6.45, 7) is 9.94. The summed E-state index contributed by atoms with van der Waals surface area (Å²) in [5, 5.41) is 60.0. The second kappa shape index (κ2) is 31.9. The van der Waals surface area contributed by atoms with E-state index in [1.165, 1.54) is 54.8 Å². The van der Waals surface area contributed by atoms with Gasteiger partial charge in [-0.1, -0.05) is 39.8 Å². The van der Waals surface area contributed by atoms with Gasteiger partial charge in [-0.2, -0.15) is 11.8 Å². The monoisotopic (exact) mass is 1060 g/mol. The maximum Gasteiger partial charge on any atom is 1.00 e. The van der Waals surface area contributed by atoms with Crippen molar-refractivity contribution in [2.45, 2.75) is 147 Å². The van der Waals surface area contributed by atoms with Crippen molar-refractivity contribution in [3.05, 3.63) is 29.8 Å². The average Bonchev–Trinajstić information content (AvgIpc) is 3.80. The molecule has 1 aliphatic rings. The van der Waals surface area contributed by atoms with E-state index in [4.69, 9.17) is 5.73 Å². The topological polar surface area (TPSA) is 397 Å². The van der Waals surface area contributed by atoms with Crippen LogP contribution in [0, 0.1) is 11.8 Å². The molecular formula is C46H71N10NaO15S. The van der Waals surface area contributed by atoms with Crippen LogP contribution in [0.15, 0.2) is 24.3 Å². The predicted octanol–water partition coefficient (Wildman–Crippen LogP) is -7.13. The standard InChI is InChI=1S/C46H72N10O15S.Na/c1-22(2)18-30(52-39(63)29(15-17-72-8)50-43(67)34-10-9-16-56(34)45(69)33(21-57)54-37(61)24(5)47)42(66)55-36(23(3)4)44(68)48-25(6)38(62)51-31(19-27-11-13-28(58)14-12-27)41(65)53-32(20-35(59)60)40(64)49-26(7)46(70)71;/h11-14,22-26,29-34,36,57-58H,9-10,15-21,47H2,1-8H3,(H,48,68)(H,49,64)(H,50,67)(H,51,62)(H,52,63)(H,53,65)(H,54,61)(H,55,66)(H,59,60)(H,70,71);/q;+1/p-1/t24-,25+,26-,29+,30+,31+,32+,33+,34+,36+;/m1./s1. The number of hydrogen-bond donors (Lipinski definition) is 12. The molecule has 25 nitrogen and oxygen atoms in total. The second-order valence-corrected chi connectivity index (χ2v) is 19.3. The number of rotatable bonds is 29. The first kappa shape index (κ1) is 65.5. The number of aromatic hydroxyl groups is 1. The summed E-state index contributed by atoms with van der Waals surface area (Å²) in [7, 11) is 0. The number of carbonyl (C=O) groups is 11. The van der Waals surface area contributed by atoms with Gasteiger partial charge in [-0.05, 0) is 88.0 Å². The fraction of sp³-hybridized carbons (Fsp3) is 0.630. The van der Waals surface area contributed by atoms with Crippen molar-refractivity contribution in [3.63, 3.8) is 0 Å². The van der Waals surface area contributed by atoms with Gasteiger partial charge in [0.15, 0.2) is 0 Å². The molecule has 73 heavy (non-hydrogen) atoms. The molecule has 1 heterocycles. The molecule has 0 bridgehead atoms. The Bertz CT molecular complexity index is 2100. The molecule has 1 aliphatic heterocycles. The molecule has 27 heteroatoms. The third-order valence-electron chi connectivity index (χ3n) is 11.4. The van der Waals surface area contributed by atoms with Crippen molar-refractivity contribution in [2.24, 2.45) is 17.6 Å². The summed E-state index contributed by atoms with van der Waals surface area (Å²) >= 11 is 1.39. The number of aliphatic hydroxyl groups is 1. The van der Waals surface area contributed by atoms with Crippen LogP contribution in [0.4, 0.5) is 0 Å². The minimum atomic E-state index is -1.80. The van der Waals surface area contributed by atoms with Crippen molar-refractivity contribution in [1.29, 1.82) is 0 Å². The minimum absolute atomic E-state index is 0. The number of carboxylic acids is 2. The van der Waals surface area contributed by atoms with Crippen LogP contribution in [0.3, 0.4) is 0 Å². The SMILES string of the molecule is CSCC[C@H](NC(=O)[C@@H]1CCCN1C(=O)[C@H](CO)NC(=O)[C@@H](C)N)C(=O)N[C@@H](CC(C)C)C(=O)N[C@H](C(=O)N[C@@H](C)C(=O)N[C@@H](Cc1ccc(O)cc1)C(=O)N[C@@H](CC(=O)O)C(=O)N[C@H](C)C(=O)[O-])C(C)C.[Na+]. The van der Waals surface area contributed by atoms with Gasteiger partial charge >= 0.3 is 35.5 Å². The maximum absolute atomic E-state index is 14.0. The molecule has 10 atom stereocenters. The van der Waals surface area contributed by atoms with E-state index in [2.05, 4.69) is 37.2 Å². The number of hydrogen-bond acceptors (Lipinski definition) is 16. The smallest absolute Gasteiger partial charge is 0.548 e. The van der Waals surface area contributed by atoms with E-state index < -0.39 is 144 Å². The van der Waals surface area contributed by atoms with Gasteiger partial charge in [-0.3, -0.25) is 47.9 Å². The zero-order chi connectivity index (χ0) is 54.6. The summed E-state index contributed by atoms with van der Waals surface area (Å²) in [6, 6.07) is -7.92. The number of phenols is 1. The molecule has 0 spiro atoms. The van der Waals surface area contributed by atoms with Gasteiger partial charge in [-0.25, -0.2) is 0 Å². The van der Waals surface area contributed by atoms with Gasteiger partial charge < -0.3 is 78.4 Å². The fourth-order valence-electron chi connectivity index (χ4n) is 7.30. The zero-order valence-electron chi connectivity index (χ0n) is 42.8. The largest absolute Gasteiger partial charge is 1.00 e. The molecule has 0 radical (unpaired) electrons. The van der Waals surface area contributed by atoms with E-state index in [0.717, 1.165) is 6.92 Å². The molecule has 1 aromatic rings. The Morgan fingerprint density at radius 2 is 1.23 bits per heavy atom. The van der Waals surface area contributed by atoms with Gasteiger partial charge in [0.2, 0.25) is 53.2 Å². The summed E-state index contributed by atoms with van der Waals surface area (Å²) < 4.78 is 0. The molecule has 0 aliphatic carbocycles. The van der Waals surface area contributed by atoms with E-state index in [9.17, 15) is 73.2 Å². The van der Waals surface area contributed by atoms with Crippen LogP contribution in [0.5, 0.6) is 5.75 Å². The third-order valence-corrected chi connectivity index (χ3v) is 12.0. The number of carboxylic acid groups (broad SMARTS) is 2. The number of aliphatic hydroxyl groups excluding tert-OH is 1. The number of carbonyl (C=O) groups excluding carboxylic acids is 10. The van der Waals surface area contributed by atoms with Crippen molar-refractivity contribution in [3.8, 4) is 5.75 Å². The minimum Gasteiger partial charge on any atom is -0.548 e. The van der Waals surface area contributed by atoms with Gasteiger partial charge in [0.05, 0.1) is 31.1 Å². The average molecular weight is 1060 g/mol. The predicted molar refractivity (Wildman–Crippen MR) is 259 cm³/mol. The zero-order valence-corrected chi connectivity index (χ0v) is 45.6. The molecule has 9 amide bonds. The number of phenolic OH excluding ortho intramolecular Hbond substituents is 1. The van der Waals surface area contributed by atoms with Crippen molar-refractivity contribution in [1.82, 2.24) is 47.4 Å². The first-order valence-corrected chi connectivity index (χ1v) is 24.9. The third kappa shape index (κ3) is 21.8. The quantitative estimate of drug-likeness (QED) is 0.0332. The maximum atomic E-state index is 14.0. The molecule has 0 unspecified atom stereocenters. The first-order chi connectivity index (χ1) is 33.7. The summed E-state index contributed by atoms with van der Waals surface area (Å²) in [5.74, 6) is -11.3. The Balaban J connectivity index is 0.0000266. The number of nitrogens with one attached hydrogen (secondary N) is 8. The molecular weight excluding hydrogens is 988 g/mol. The molecule has 2 rings (SSSR count). The van der Waals surface area contributed by atoms with Crippen molar-refractivity contribution >= 4 is 76.9 Å². The van der Waals surface area contributed by atoms with Crippen LogP contribution < -0.4 is 82.9 Å². The van der Waals surface area contributed by atoms with Crippen LogP contribution in [0.1, 0.15) is 86.1 Å². The summed E-state index contributed by atoms with van der Waals surface area (Å²) in [4.78, 5) is 145. The molecule has 1 aromatic carbocycles. The summed E-state index contributed by atoms with van der Waals surface area (Å²) in [5.41, 5.74) is 6.00. The van der Waals surface area contributed by atoms with Crippen LogP contribution in [-0.4, -0.2) is 171 Å². The Morgan fingerprint density at radius 1 is 0.699 bits per heavy atom. The van der Waals surface area contributed by atoms with Gasteiger partial charge in [0.1, 0.15) is 54.1 Å². The number of aliphatic carboxylic acids is 2. The second-order valence-electron chi connectivity index (χ2n) is 18.4. The van der Waals surface area contributed by atoms with Gasteiger partial charge in [0, 0.05) is 13.0 Å².